The molecule has 0 unspecified atom stereocenters. The number of rotatable bonds is 20. The molecule has 1 aromatic rings. The molecule has 172 valence electrons. The minimum Gasteiger partial charge on any atom is -0.460 e. The fourth-order valence-corrected chi connectivity index (χ4v) is 3.14. The van der Waals surface area contributed by atoms with E-state index in [0.29, 0.717) is 38.6 Å². The quantitative estimate of drug-likeness (QED) is 0.109. The zero-order valence-electron chi connectivity index (χ0n) is 18.3. The summed E-state index contributed by atoms with van der Waals surface area (Å²) in [4.78, 5) is 12.0. The van der Waals surface area contributed by atoms with Crippen LogP contribution < -0.4 is 5.32 Å². The number of benzene rings is 1. The maximum Gasteiger partial charge on any atom is 0.338 e. The Balaban J connectivity index is 1.91. The molecule has 0 aromatic heterocycles. The van der Waals surface area contributed by atoms with Crippen molar-refractivity contribution in [1.82, 2.24) is 0 Å². The van der Waals surface area contributed by atoms with Crippen molar-refractivity contribution in [2.75, 3.05) is 62.5 Å². The summed E-state index contributed by atoms with van der Waals surface area (Å²) >= 11 is 2.41. The molecule has 0 atom stereocenters. The van der Waals surface area contributed by atoms with E-state index in [1.54, 1.807) is 12.1 Å². The third-order valence-electron chi connectivity index (χ3n) is 4.36. The summed E-state index contributed by atoms with van der Waals surface area (Å²) in [5.41, 5.74) is 1.56. The number of ether oxygens (including phenoxy) is 4. The normalized spacial score (nSPS) is 10.9. The second-order valence-electron chi connectivity index (χ2n) is 6.93. The van der Waals surface area contributed by atoms with Crippen LogP contribution >= 0.6 is 22.6 Å². The molecule has 1 N–H and O–H groups in total. The molecular formula is C23H38INO5. The van der Waals surface area contributed by atoms with Crippen LogP contribution in [0.3, 0.4) is 0 Å². The Hall–Kier alpha value is -0.900. The van der Waals surface area contributed by atoms with E-state index >= 15 is 0 Å². The Morgan fingerprint density at radius 2 is 1.40 bits per heavy atom. The molecule has 0 bridgehead atoms. The molecule has 0 heterocycles. The standard InChI is InChI=1S/C23H38INO5/c1-2-3-13-25-22-10-8-21(9-11-22)23(26)30-20-19-29-18-17-28-16-15-27-14-7-5-4-6-12-24/h8-11,25H,2-7,12-20H2,1H3. The lowest BCUT2D eigenvalue weighted by atomic mass is 10.2. The van der Waals surface area contributed by atoms with Crippen LogP contribution in [0.25, 0.3) is 0 Å². The number of carbonyl (C=O) groups excluding carboxylic acids is 1. The minimum atomic E-state index is -0.332. The Morgan fingerprint density at radius 1 is 0.800 bits per heavy atom. The molecule has 0 aliphatic heterocycles. The predicted octanol–water partition coefficient (Wildman–Crippen LogP) is 5.10. The van der Waals surface area contributed by atoms with E-state index in [-0.39, 0.29) is 12.6 Å². The van der Waals surface area contributed by atoms with E-state index in [1.807, 2.05) is 12.1 Å². The van der Waals surface area contributed by atoms with Crippen LogP contribution in [0.15, 0.2) is 24.3 Å². The van der Waals surface area contributed by atoms with Gasteiger partial charge in [0.2, 0.25) is 0 Å². The first-order valence-electron chi connectivity index (χ1n) is 11.1. The summed E-state index contributed by atoms with van der Waals surface area (Å²) in [6, 6.07) is 7.35. The minimum absolute atomic E-state index is 0.232. The topological polar surface area (TPSA) is 66.0 Å². The van der Waals surface area contributed by atoms with Gasteiger partial charge in [-0.1, -0.05) is 48.8 Å². The van der Waals surface area contributed by atoms with E-state index in [2.05, 4.69) is 34.8 Å². The van der Waals surface area contributed by atoms with Gasteiger partial charge >= 0.3 is 5.97 Å². The first kappa shape index (κ1) is 27.1. The van der Waals surface area contributed by atoms with Crippen molar-refractivity contribution >= 4 is 34.2 Å². The smallest absolute Gasteiger partial charge is 0.338 e. The second-order valence-corrected chi connectivity index (χ2v) is 8.01. The number of carbonyl (C=O) groups is 1. The van der Waals surface area contributed by atoms with Gasteiger partial charge in [0.05, 0.1) is 38.6 Å². The average molecular weight is 535 g/mol. The van der Waals surface area contributed by atoms with Crippen molar-refractivity contribution in [1.29, 1.82) is 0 Å². The van der Waals surface area contributed by atoms with Gasteiger partial charge in [0, 0.05) is 18.8 Å². The molecule has 0 aliphatic rings. The number of unbranched alkanes of at least 4 members (excludes halogenated alkanes) is 4. The zero-order chi connectivity index (χ0) is 21.7. The zero-order valence-corrected chi connectivity index (χ0v) is 20.5. The van der Waals surface area contributed by atoms with E-state index < -0.39 is 0 Å². The van der Waals surface area contributed by atoms with Gasteiger partial charge < -0.3 is 24.3 Å². The molecule has 30 heavy (non-hydrogen) atoms. The lowest BCUT2D eigenvalue weighted by Gasteiger charge is -2.08. The van der Waals surface area contributed by atoms with Crippen molar-refractivity contribution < 1.29 is 23.7 Å². The molecule has 7 heteroatoms. The maximum absolute atomic E-state index is 12.0. The number of alkyl halides is 1. The van der Waals surface area contributed by atoms with Gasteiger partial charge in [-0.3, -0.25) is 0 Å². The highest BCUT2D eigenvalue weighted by molar-refractivity contribution is 14.1. The SMILES string of the molecule is CCCCNc1ccc(C(=O)OCCOCCOCCOCCCCCCI)cc1. The molecule has 1 rings (SSSR count). The molecule has 0 fully saturated rings. The van der Waals surface area contributed by atoms with Crippen molar-refractivity contribution in [2.45, 2.75) is 45.4 Å². The van der Waals surface area contributed by atoms with Crippen LogP contribution in [0, 0.1) is 0 Å². The van der Waals surface area contributed by atoms with Crippen LogP contribution in [0.1, 0.15) is 55.8 Å². The number of nitrogens with one attached hydrogen (secondary N) is 1. The van der Waals surface area contributed by atoms with Crippen LogP contribution in [-0.4, -0.2) is 63.2 Å². The second kappa shape index (κ2) is 20.0. The maximum atomic E-state index is 12.0. The summed E-state index contributed by atoms with van der Waals surface area (Å²) in [6.07, 6.45) is 7.23. The summed E-state index contributed by atoms with van der Waals surface area (Å²) < 4.78 is 22.9. The molecule has 6 nitrogen and oxygen atoms in total. The fraction of sp³-hybridized carbons (Fsp3) is 0.696. The number of anilines is 1. The summed E-state index contributed by atoms with van der Waals surface area (Å²) in [6.45, 7) is 6.69. The average Bonchev–Trinajstić information content (AvgIpc) is 2.77. The summed E-state index contributed by atoms with van der Waals surface area (Å²) in [7, 11) is 0. The van der Waals surface area contributed by atoms with Gasteiger partial charge in [-0.25, -0.2) is 4.79 Å². The van der Waals surface area contributed by atoms with Crippen molar-refractivity contribution in [3.8, 4) is 0 Å². The van der Waals surface area contributed by atoms with E-state index in [4.69, 9.17) is 18.9 Å². The van der Waals surface area contributed by atoms with E-state index in [9.17, 15) is 4.79 Å². The molecule has 0 saturated carbocycles. The third kappa shape index (κ3) is 15.0. The third-order valence-corrected chi connectivity index (χ3v) is 5.12. The largest absolute Gasteiger partial charge is 0.460 e. The predicted molar refractivity (Wildman–Crippen MR) is 130 cm³/mol. The highest BCUT2D eigenvalue weighted by atomic mass is 127. The summed E-state index contributed by atoms with van der Waals surface area (Å²) in [5.74, 6) is -0.332. The number of halogens is 1. The molecule has 0 spiro atoms. The van der Waals surface area contributed by atoms with Gasteiger partial charge in [-0.15, -0.1) is 0 Å². The molecule has 0 saturated heterocycles. The van der Waals surface area contributed by atoms with Gasteiger partial charge in [0.25, 0.3) is 0 Å². The Morgan fingerprint density at radius 3 is 2.03 bits per heavy atom. The van der Waals surface area contributed by atoms with Crippen molar-refractivity contribution in [3.05, 3.63) is 29.8 Å². The lowest BCUT2D eigenvalue weighted by molar-refractivity contribution is 0.000193. The number of hydrogen-bond donors (Lipinski definition) is 1. The number of esters is 1. The van der Waals surface area contributed by atoms with Gasteiger partial charge in [-0.05, 0) is 48.0 Å². The Kier molecular flexibility index (Phi) is 18.1. The van der Waals surface area contributed by atoms with Crippen LogP contribution in [0.4, 0.5) is 5.69 Å². The van der Waals surface area contributed by atoms with Crippen molar-refractivity contribution in [3.63, 3.8) is 0 Å². The molecular weight excluding hydrogens is 497 g/mol. The van der Waals surface area contributed by atoms with Crippen LogP contribution in [-0.2, 0) is 18.9 Å². The Labute approximate surface area is 195 Å². The van der Waals surface area contributed by atoms with Crippen LogP contribution in [0.2, 0.25) is 0 Å². The monoisotopic (exact) mass is 535 g/mol. The van der Waals surface area contributed by atoms with Crippen LogP contribution in [0.5, 0.6) is 0 Å². The molecule has 0 aliphatic carbocycles. The Bertz CT molecular complexity index is 527. The first-order chi connectivity index (χ1) is 14.8. The molecule has 0 radical (unpaired) electrons. The van der Waals surface area contributed by atoms with Crippen molar-refractivity contribution in [2.24, 2.45) is 0 Å². The fourth-order valence-electron chi connectivity index (χ4n) is 2.60. The van der Waals surface area contributed by atoms with E-state index in [0.717, 1.165) is 38.1 Å². The van der Waals surface area contributed by atoms with E-state index in [1.165, 1.54) is 23.7 Å². The molecule has 1 aromatic carbocycles. The van der Waals surface area contributed by atoms with Gasteiger partial charge in [0.15, 0.2) is 0 Å². The lowest BCUT2D eigenvalue weighted by Crippen LogP contribution is -2.14. The van der Waals surface area contributed by atoms with Gasteiger partial charge in [-0.2, -0.15) is 0 Å². The van der Waals surface area contributed by atoms with Gasteiger partial charge in [0.1, 0.15) is 6.61 Å². The highest BCUT2D eigenvalue weighted by Gasteiger charge is 2.06. The summed E-state index contributed by atoms with van der Waals surface area (Å²) in [5, 5.41) is 3.32. The molecule has 0 amide bonds. The first-order valence-corrected chi connectivity index (χ1v) is 12.6. The highest BCUT2D eigenvalue weighted by Crippen LogP contribution is 2.10. The number of hydrogen-bond acceptors (Lipinski definition) is 6.